The molecule has 7 rings (SSSR count). The average Bonchev–Trinajstić information content (AvgIpc) is 3.04. The van der Waals surface area contributed by atoms with Gasteiger partial charge < -0.3 is 0 Å². The maximum absolute atomic E-state index is 4.74. The lowest BCUT2D eigenvalue weighted by molar-refractivity contribution is 1.26. The van der Waals surface area contributed by atoms with Crippen LogP contribution in [0.1, 0.15) is 19.5 Å². The summed E-state index contributed by atoms with van der Waals surface area (Å²) in [6.45, 7) is 8.14. The molecule has 6 aromatic carbocycles. The molecule has 0 spiro atoms. The Hall–Kier alpha value is -5.27. The van der Waals surface area contributed by atoms with E-state index in [1.807, 2.05) is 20.0 Å². The Morgan fingerprint density at radius 3 is 1.60 bits per heavy atom. The number of benzene rings is 6. The molecule has 42 heavy (non-hydrogen) atoms. The molecular weight excluding hydrogens is 506 g/mol. The molecule has 0 fully saturated rings. The Labute approximate surface area is 247 Å². The van der Waals surface area contributed by atoms with E-state index in [0.717, 1.165) is 28.0 Å². The van der Waals surface area contributed by atoms with E-state index in [1.165, 1.54) is 54.6 Å². The van der Waals surface area contributed by atoms with E-state index < -0.39 is 0 Å². The van der Waals surface area contributed by atoms with Crippen LogP contribution < -0.4 is 0 Å². The average molecular weight is 538 g/mol. The van der Waals surface area contributed by atoms with E-state index in [1.54, 1.807) is 0 Å². The van der Waals surface area contributed by atoms with Gasteiger partial charge in [0.25, 0.3) is 0 Å². The zero-order valence-corrected chi connectivity index (χ0v) is 23.9. The minimum absolute atomic E-state index is 0.954. The molecule has 0 unspecified atom stereocenters. The smallest absolute Gasteiger partial charge is 0.0701 e. The molecule has 1 heteroatoms. The molecule has 0 aliphatic heterocycles. The van der Waals surface area contributed by atoms with Crippen LogP contribution in [0.3, 0.4) is 0 Å². The molecule has 0 aliphatic carbocycles. The normalized spacial score (nSPS) is 11.8. The monoisotopic (exact) mass is 537 g/mol. The lowest BCUT2D eigenvalue weighted by Gasteiger charge is -2.18. The second-order valence-corrected chi connectivity index (χ2v) is 10.9. The van der Waals surface area contributed by atoms with Gasteiger partial charge in [-0.2, -0.15) is 0 Å². The van der Waals surface area contributed by atoms with Gasteiger partial charge in [0.05, 0.1) is 5.69 Å². The number of pyridine rings is 1. The van der Waals surface area contributed by atoms with Crippen LogP contribution in [0.15, 0.2) is 152 Å². The molecule has 0 atom stereocenters. The summed E-state index contributed by atoms with van der Waals surface area (Å²) < 4.78 is 0. The summed E-state index contributed by atoms with van der Waals surface area (Å²) in [5.41, 5.74) is 10.3. The van der Waals surface area contributed by atoms with Crippen molar-refractivity contribution in [3.8, 4) is 33.4 Å². The number of hydrogen-bond donors (Lipinski definition) is 0. The van der Waals surface area contributed by atoms with Crippen molar-refractivity contribution < 1.29 is 0 Å². The molecule has 0 radical (unpaired) electrons. The second-order valence-electron chi connectivity index (χ2n) is 10.9. The fourth-order valence-electron chi connectivity index (χ4n) is 6.26. The summed E-state index contributed by atoms with van der Waals surface area (Å²) in [6.07, 6.45) is 4.03. The molecule has 0 aliphatic rings. The third-order valence-corrected chi connectivity index (χ3v) is 8.26. The first-order chi connectivity index (χ1) is 20.6. The molecule has 0 saturated carbocycles. The van der Waals surface area contributed by atoms with Crippen LogP contribution in [-0.4, -0.2) is 4.98 Å². The van der Waals surface area contributed by atoms with Crippen molar-refractivity contribution in [3.63, 3.8) is 0 Å². The molecule has 1 aromatic heterocycles. The maximum Gasteiger partial charge on any atom is 0.0701 e. The van der Waals surface area contributed by atoms with Gasteiger partial charge >= 0.3 is 0 Å². The molecule has 1 nitrogen and oxygen atoms in total. The van der Waals surface area contributed by atoms with E-state index in [4.69, 9.17) is 4.98 Å². The van der Waals surface area contributed by atoms with Crippen LogP contribution in [0.25, 0.3) is 71.3 Å². The highest BCUT2D eigenvalue weighted by Crippen LogP contribution is 2.44. The van der Waals surface area contributed by atoms with Crippen molar-refractivity contribution in [2.45, 2.75) is 13.8 Å². The van der Waals surface area contributed by atoms with Gasteiger partial charge in [-0.05, 0) is 97.3 Å². The Bertz CT molecular complexity index is 2090. The summed E-state index contributed by atoms with van der Waals surface area (Å²) in [5, 5.41) is 7.57. The van der Waals surface area contributed by atoms with Crippen molar-refractivity contribution in [2.75, 3.05) is 0 Å². The van der Waals surface area contributed by atoms with E-state index in [-0.39, 0.29) is 0 Å². The van der Waals surface area contributed by atoms with Crippen molar-refractivity contribution >= 4 is 37.9 Å². The van der Waals surface area contributed by atoms with Gasteiger partial charge in [-0.15, -0.1) is 0 Å². The molecule has 0 N–H and O–H groups in total. The Balaban J connectivity index is 1.37. The Morgan fingerprint density at radius 2 is 1.05 bits per heavy atom. The van der Waals surface area contributed by atoms with Crippen LogP contribution in [0.5, 0.6) is 0 Å². The van der Waals surface area contributed by atoms with Gasteiger partial charge in [0.1, 0.15) is 0 Å². The zero-order valence-electron chi connectivity index (χ0n) is 23.9. The fourth-order valence-corrected chi connectivity index (χ4v) is 6.26. The fraction of sp³-hybridized carbons (Fsp3) is 0.0488. The summed E-state index contributed by atoms with van der Waals surface area (Å²) in [5.74, 6) is 0. The first-order valence-corrected chi connectivity index (χ1v) is 14.4. The minimum atomic E-state index is 0.954. The van der Waals surface area contributed by atoms with Gasteiger partial charge in [0, 0.05) is 11.8 Å². The van der Waals surface area contributed by atoms with Gasteiger partial charge in [0.2, 0.25) is 0 Å². The predicted octanol–water partition coefficient (Wildman–Crippen LogP) is 11.5. The SMILES string of the molecule is C=C(C)/C(=C\C)c1ccc(-c2ccc(-c3c4ccccc4c(-c4ccc5ccccc5c4)c4ccccc34)cc2)cn1. The first-order valence-electron chi connectivity index (χ1n) is 14.4. The lowest BCUT2D eigenvalue weighted by Crippen LogP contribution is -1.92. The standard InChI is InChI=1S/C41H31N/c1-4-34(27(2)3)39-24-23-33(26-42-39)29-17-20-30(21-18-29)40-35-13-7-9-15-37(35)41(38-16-10-8-14-36(38)40)32-22-19-28-11-5-6-12-31(28)25-32/h4-26H,2H2,1,3H3/b34-4+. The topological polar surface area (TPSA) is 12.9 Å². The Morgan fingerprint density at radius 1 is 0.548 bits per heavy atom. The van der Waals surface area contributed by atoms with E-state index in [0.29, 0.717) is 0 Å². The van der Waals surface area contributed by atoms with Crippen LogP contribution in [-0.2, 0) is 0 Å². The number of aromatic nitrogens is 1. The van der Waals surface area contributed by atoms with E-state index in [2.05, 4.69) is 140 Å². The van der Waals surface area contributed by atoms with Gasteiger partial charge in [-0.25, -0.2) is 0 Å². The third-order valence-electron chi connectivity index (χ3n) is 8.26. The molecule has 1 heterocycles. The summed E-state index contributed by atoms with van der Waals surface area (Å²) in [4.78, 5) is 4.74. The maximum atomic E-state index is 4.74. The van der Waals surface area contributed by atoms with Gasteiger partial charge in [-0.1, -0.05) is 128 Å². The van der Waals surface area contributed by atoms with Crippen LogP contribution in [0, 0.1) is 0 Å². The van der Waals surface area contributed by atoms with E-state index in [9.17, 15) is 0 Å². The second kappa shape index (κ2) is 10.6. The van der Waals surface area contributed by atoms with Crippen LogP contribution >= 0.6 is 0 Å². The molecule has 0 saturated heterocycles. The molecule has 7 aromatic rings. The van der Waals surface area contributed by atoms with Crippen molar-refractivity contribution in [1.82, 2.24) is 4.98 Å². The van der Waals surface area contributed by atoms with Crippen LogP contribution in [0.2, 0.25) is 0 Å². The minimum Gasteiger partial charge on any atom is -0.256 e. The molecule has 0 bridgehead atoms. The number of allylic oxidation sites excluding steroid dienone is 3. The van der Waals surface area contributed by atoms with Gasteiger partial charge in [0.15, 0.2) is 0 Å². The highest BCUT2D eigenvalue weighted by Gasteiger charge is 2.17. The quantitative estimate of drug-likeness (QED) is 0.157. The highest BCUT2D eigenvalue weighted by atomic mass is 14.7. The summed E-state index contributed by atoms with van der Waals surface area (Å²) in [7, 11) is 0. The Kier molecular flexibility index (Phi) is 6.49. The number of fused-ring (bicyclic) bond motifs is 3. The van der Waals surface area contributed by atoms with Gasteiger partial charge in [-0.3, -0.25) is 4.98 Å². The molecule has 200 valence electrons. The highest BCUT2D eigenvalue weighted by molar-refractivity contribution is 6.21. The van der Waals surface area contributed by atoms with E-state index >= 15 is 0 Å². The number of hydrogen-bond acceptors (Lipinski definition) is 1. The van der Waals surface area contributed by atoms with Crippen LogP contribution in [0.4, 0.5) is 0 Å². The number of nitrogens with zero attached hydrogens (tertiary/aromatic N) is 1. The summed E-state index contributed by atoms with van der Waals surface area (Å²) >= 11 is 0. The lowest BCUT2D eigenvalue weighted by atomic mass is 9.85. The summed E-state index contributed by atoms with van der Waals surface area (Å²) in [6, 6.07) is 46.2. The first kappa shape index (κ1) is 25.7. The third kappa shape index (κ3) is 4.40. The van der Waals surface area contributed by atoms with Crippen molar-refractivity contribution in [3.05, 3.63) is 158 Å². The largest absolute Gasteiger partial charge is 0.256 e. The van der Waals surface area contributed by atoms with Crippen molar-refractivity contribution in [1.29, 1.82) is 0 Å². The molecular formula is C41H31N. The molecule has 0 amide bonds. The number of rotatable bonds is 5. The zero-order chi connectivity index (χ0) is 28.6. The predicted molar refractivity (Wildman–Crippen MR) is 182 cm³/mol. The van der Waals surface area contributed by atoms with Crippen molar-refractivity contribution in [2.24, 2.45) is 0 Å².